The van der Waals surface area contributed by atoms with Gasteiger partial charge in [-0.25, -0.2) is 4.79 Å². The van der Waals surface area contributed by atoms with E-state index in [4.69, 9.17) is 14.3 Å². The van der Waals surface area contributed by atoms with Crippen LogP contribution in [0.25, 0.3) is 11.1 Å². The summed E-state index contributed by atoms with van der Waals surface area (Å²) in [4.78, 5) is 10.9. The summed E-state index contributed by atoms with van der Waals surface area (Å²) in [7, 11) is -1.61. The maximum absolute atomic E-state index is 10.9. The van der Waals surface area contributed by atoms with Gasteiger partial charge < -0.3 is 14.3 Å². The molecule has 0 amide bonds. The highest BCUT2D eigenvalue weighted by Gasteiger charge is 2.36. The van der Waals surface area contributed by atoms with Crippen LogP contribution in [0.4, 0.5) is 0 Å². The smallest absolute Gasteiger partial charge is 0.335 e. The van der Waals surface area contributed by atoms with Gasteiger partial charge in [0.2, 0.25) is 0 Å². The van der Waals surface area contributed by atoms with Gasteiger partial charge in [0, 0.05) is 6.61 Å². The molecule has 0 heterocycles. The number of carboxylic acid groups (broad SMARTS) is 1. The zero-order valence-corrected chi connectivity index (χ0v) is 20.0. The Balaban J connectivity index is 1.65. The van der Waals surface area contributed by atoms with Gasteiger partial charge in [-0.2, -0.15) is 0 Å². The van der Waals surface area contributed by atoms with E-state index in [0.717, 1.165) is 49.4 Å². The number of unbranched alkanes of at least 4 members (excludes halogenated alkanes) is 3. The highest BCUT2D eigenvalue weighted by atomic mass is 28.4. The fourth-order valence-electron chi connectivity index (χ4n) is 2.84. The van der Waals surface area contributed by atoms with Crippen LogP contribution in [0.15, 0.2) is 48.5 Å². The number of rotatable bonds is 11. The second kappa shape index (κ2) is 10.8. The predicted octanol–water partition coefficient (Wildman–Crippen LogP) is 7.01. The lowest BCUT2D eigenvalue weighted by atomic mass is 10.0. The molecular formula is C25H36O4Si. The molecule has 0 fully saturated rings. The molecule has 2 rings (SSSR count). The summed E-state index contributed by atoms with van der Waals surface area (Å²) in [6.07, 6.45) is 4.47. The van der Waals surface area contributed by atoms with Crippen molar-refractivity contribution in [1.29, 1.82) is 0 Å². The summed E-state index contributed by atoms with van der Waals surface area (Å²) >= 11 is 0. The van der Waals surface area contributed by atoms with Crippen LogP contribution in [0.2, 0.25) is 18.1 Å². The van der Waals surface area contributed by atoms with Crippen molar-refractivity contribution in [3.05, 3.63) is 54.1 Å². The quantitative estimate of drug-likeness (QED) is 0.309. The van der Waals surface area contributed by atoms with Gasteiger partial charge in [-0.15, -0.1) is 0 Å². The number of ether oxygens (including phenoxy) is 1. The molecule has 2 aromatic carbocycles. The molecule has 5 heteroatoms. The van der Waals surface area contributed by atoms with Crippen LogP contribution in [0.5, 0.6) is 5.75 Å². The molecule has 0 aromatic heterocycles. The standard InChI is InChI=1S/C25H36O4Si/c1-25(2,3)30(4,5)29-19-9-7-6-8-18-28-23-16-14-21(15-17-23)20-10-12-22(13-11-20)24(26)27/h10-17H,6-9,18-19H2,1-5H3,(H,26,27). The third-order valence-electron chi connectivity index (χ3n) is 5.90. The van der Waals surface area contributed by atoms with Gasteiger partial charge in [-0.05, 0) is 72.8 Å². The topological polar surface area (TPSA) is 55.8 Å². The molecule has 0 aliphatic carbocycles. The molecule has 0 bridgehead atoms. The fraction of sp³-hybridized carbons (Fsp3) is 0.480. The summed E-state index contributed by atoms with van der Waals surface area (Å²) in [6, 6.07) is 14.8. The fourth-order valence-corrected chi connectivity index (χ4v) is 3.93. The minimum absolute atomic E-state index is 0.276. The molecule has 0 atom stereocenters. The van der Waals surface area contributed by atoms with Crippen LogP contribution in [-0.4, -0.2) is 32.6 Å². The van der Waals surface area contributed by atoms with Crippen molar-refractivity contribution in [2.45, 2.75) is 64.6 Å². The molecule has 0 radical (unpaired) electrons. The van der Waals surface area contributed by atoms with Gasteiger partial charge in [0.15, 0.2) is 8.32 Å². The van der Waals surface area contributed by atoms with E-state index >= 15 is 0 Å². The molecule has 0 spiro atoms. The van der Waals surface area contributed by atoms with Crippen molar-refractivity contribution in [3.8, 4) is 16.9 Å². The van der Waals surface area contributed by atoms with E-state index in [2.05, 4.69) is 33.9 Å². The van der Waals surface area contributed by atoms with Crippen molar-refractivity contribution in [1.82, 2.24) is 0 Å². The molecule has 0 saturated carbocycles. The Morgan fingerprint density at radius 1 is 0.833 bits per heavy atom. The van der Waals surface area contributed by atoms with Crippen LogP contribution in [-0.2, 0) is 4.43 Å². The Bertz CT molecular complexity index is 789. The second-order valence-electron chi connectivity index (χ2n) is 9.28. The first-order valence-electron chi connectivity index (χ1n) is 10.8. The van der Waals surface area contributed by atoms with E-state index in [-0.39, 0.29) is 5.04 Å². The van der Waals surface area contributed by atoms with Gasteiger partial charge in [0.05, 0.1) is 12.2 Å². The maximum Gasteiger partial charge on any atom is 0.335 e. The van der Waals surface area contributed by atoms with Gasteiger partial charge >= 0.3 is 5.97 Å². The van der Waals surface area contributed by atoms with Crippen LogP contribution >= 0.6 is 0 Å². The lowest BCUT2D eigenvalue weighted by molar-refractivity contribution is 0.0697. The number of carboxylic acids is 1. The van der Waals surface area contributed by atoms with Crippen LogP contribution in [0, 0.1) is 0 Å². The van der Waals surface area contributed by atoms with Gasteiger partial charge in [0.25, 0.3) is 0 Å². The SMILES string of the molecule is CC(C)(C)[Si](C)(C)OCCCCCCOc1ccc(-c2ccc(C(=O)O)cc2)cc1. The molecule has 2 aromatic rings. The molecule has 4 nitrogen and oxygen atoms in total. The highest BCUT2D eigenvalue weighted by molar-refractivity contribution is 6.74. The molecule has 0 aliphatic heterocycles. The van der Waals surface area contributed by atoms with Gasteiger partial charge in [-0.1, -0.05) is 51.5 Å². The van der Waals surface area contributed by atoms with E-state index in [1.54, 1.807) is 12.1 Å². The molecule has 1 N–H and O–H groups in total. The molecular weight excluding hydrogens is 392 g/mol. The van der Waals surface area contributed by atoms with Crippen molar-refractivity contribution < 1.29 is 19.1 Å². The Morgan fingerprint density at radius 2 is 1.33 bits per heavy atom. The van der Waals surface area contributed by atoms with Crippen LogP contribution < -0.4 is 4.74 Å². The Labute approximate surface area is 182 Å². The average Bonchev–Trinajstić information content (AvgIpc) is 2.69. The second-order valence-corrected chi connectivity index (χ2v) is 14.1. The third kappa shape index (κ3) is 7.29. The van der Waals surface area contributed by atoms with Crippen molar-refractivity contribution in [2.75, 3.05) is 13.2 Å². The summed E-state index contributed by atoms with van der Waals surface area (Å²) in [5.41, 5.74) is 2.33. The Kier molecular flexibility index (Phi) is 8.68. The number of carbonyl (C=O) groups is 1. The lowest BCUT2D eigenvalue weighted by Crippen LogP contribution is -2.40. The van der Waals surface area contributed by atoms with E-state index in [1.807, 2.05) is 36.4 Å². The molecule has 0 aliphatic rings. The molecule has 30 heavy (non-hydrogen) atoms. The first-order valence-corrected chi connectivity index (χ1v) is 13.7. The van der Waals surface area contributed by atoms with E-state index in [9.17, 15) is 4.79 Å². The molecule has 164 valence electrons. The monoisotopic (exact) mass is 428 g/mol. The number of hydrogen-bond donors (Lipinski definition) is 1. The summed E-state index contributed by atoms with van der Waals surface area (Å²) in [5.74, 6) is -0.0458. The van der Waals surface area contributed by atoms with Gasteiger partial charge in [0.1, 0.15) is 5.75 Å². The summed E-state index contributed by atoms with van der Waals surface area (Å²) in [5, 5.41) is 9.26. The largest absolute Gasteiger partial charge is 0.494 e. The minimum Gasteiger partial charge on any atom is -0.494 e. The van der Waals surface area contributed by atoms with E-state index < -0.39 is 14.3 Å². The van der Waals surface area contributed by atoms with Crippen LogP contribution in [0.3, 0.4) is 0 Å². The number of benzene rings is 2. The number of aromatic carboxylic acids is 1. The zero-order chi connectivity index (χ0) is 22.2. The van der Waals surface area contributed by atoms with Crippen molar-refractivity contribution in [2.24, 2.45) is 0 Å². The van der Waals surface area contributed by atoms with Crippen molar-refractivity contribution in [3.63, 3.8) is 0 Å². The normalized spacial score (nSPS) is 12.0. The first-order chi connectivity index (χ1) is 14.1. The van der Waals surface area contributed by atoms with E-state index in [1.165, 1.54) is 6.42 Å². The highest BCUT2D eigenvalue weighted by Crippen LogP contribution is 2.36. The minimum atomic E-state index is -1.61. The van der Waals surface area contributed by atoms with Crippen LogP contribution in [0.1, 0.15) is 56.8 Å². The number of hydrogen-bond acceptors (Lipinski definition) is 3. The predicted molar refractivity (Wildman–Crippen MR) is 126 cm³/mol. The lowest BCUT2D eigenvalue weighted by Gasteiger charge is -2.36. The molecule has 0 saturated heterocycles. The third-order valence-corrected chi connectivity index (χ3v) is 10.4. The average molecular weight is 429 g/mol. The zero-order valence-electron chi connectivity index (χ0n) is 19.0. The van der Waals surface area contributed by atoms with E-state index in [0.29, 0.717) is 5.56 Å². The van der Waals surface area contributed by atoms with Gasteiger partial charge in [-0.3, -0.25) is 0 Å². The summed E-state index contributed by atoms with van der Waals surface area (Å²) in [6.45, 7) is 13.0. The summed E-state index contributed by atoms with van der Waals surface area (Å²) < 4.78 is 12.1. The van der Waals surface area contributed by atoms with Crippen molar-refractivity contribution >= 4 is 14.3 Å². The molecule has 0 unspecified atom stereocenters. The Hall–Kier alpha value is -2.11. The Morgan fingerprint density at radius 3 is 1.83 bits per heavy atom. The maximum atomic E-state index is 10.9. The first kappa shape index (κ1) is 24.2.